The highest BCUT2D eigenvalue weighted by molar-refractivity contribution is 5.69. The Kier molecular flexibility index (Phi) is 4.33. The van der Waals surface area contributed by atoms with E-state index in [0.717, 1.165) is 12.8 Å². The number of amides is 1. The maximum atomic E-state index is 12.3. The van der Waals surface area contributed by atoms with Gasteiger partial charge in [0.25, 0.3) is 0 Å². The number of ether oxygens (including phenoxy) is 1. The number of benzene rings is 1. The van der Waals surface area contributed by atoms with Gasteiger partial charge in [-0.2, -0.15) is 0 Å². The van der Waals surface area contributed by atoms with Crippen LogP contribution < -0.4 is 5.73 Å². The second kappa shape index (κ2) is 5.83. The number of hydrogen-bond acceptors (Lipinski definition) is 3. The van der Waals surface area contributed by atoms with Crippen LogP contribution in [0.15, 0.2) is 30.3 Å². The summed E-state index contributed by atoms with van der Waals surface area (Å²) in [5.41, 5.74) is 6.90. The molecule has 1 aromatic carbocycles. The molecule has 0 spiro atoms. The molecule has 0 aromatic heterocycles. The van der Waals surface area contributed by atoms with Crippen LogP contribution in [0.5, 0.6) is 0 Å². The molecule has 0 bridgehead atoms. The summed E-state index contributed by atoms with van der Waals surface area (Å²) < 4.78 is 5.47. The van der Waals surface area contributed by atoms with E-state index in [9.17, 15) is 4.79 Å². The van der Waals surface area contributed by atoms with Crippen molar-refractivity contribution in [3.8, 4) is 0 Å². The Labute approximate surface area is 120 Å². The van der Waals surface area contributed by atoms with E-state index in [1.807, 2.05) is 39.0 Å². The Balaban J connectivity index is 2.07. The fraction of sp³-hybridized carbons (Fsp3) is 0.562. The molecule has 2 rings (SSSR count). The van der Waals surface area contributed by atoms with Crippen LogP contribution in [0.2, 0.25) is 0 Å². The van der Waals surface area contributed by atoms with Gasteiger partial charge in [-0.05, 0) is 39.2 Å². The third kappa shape index (κ3) is 3.73. The van der Waals surface area contributed by atoms with Gasteiger partial charge in [-0.15, -0.1) is 0 Å². The predicted molar refractivity (Wildman–Crippen MR) is 79.5 cm³/mol. The first-order valence-corrected chi connectivity index (χ1v) is 7.16. The summed E-state index contributed by atoms with van der Waals surface area (Å²) in [5, 5.41) is 0. The van der Waals surface area contributed by atoms with Crippen molar-refractivity contribution in [2.75, 3.05) is 6.54 Å². The molecule has 4 heteroatoms. The van der Waals surface area contributed by atoms with Crippen LogP contribution in [0.25, 0.3) is 0 Å². The van der Waals surface area contributed by atoms with Crippen molar-refractivity contribution in [1.82, 2.24) is 4.90 Å². The van der Waals surface area contributed by atoms with E-state index in [2.05, 4.69) is 12.1 Å². The zero-order valence-corrected chi connectivity index (χ0v) is 12.5. The molecule has 1 aliphatic rings. The minimum atomic E-state index is -0.471. The van der Waals surface area contributed by atoms with Gasteiger partial charge in [0.1, 0.15) is 5.60 Å². The van der Waals surface area contributed by atoms with Crippen molar-refractivity contribution in [3.63, 3.8) is 0 Å². The highest BCUT2D eigenvalue weighted by atomic mass is 16.6. The van der Waals surface area contributed by atoms with Crippen molar-refractivity contribution in [1.29, 1.82) is 0 Å². The smallest absolute Gasteiger partial charge is 0.410 e. The van der Waals surface area contributed by atoms with E-state index in [0.29, 0.717) is 6.54 Å². The Bertz CT molecular complexity index is 453. The fourth-order valence-corrected chi connectivity index (χ4v) is 2.54. The van der Waals surface area contributed by atoms with Crippen LogP contribution in [-0.4, -0.2) is 35.2 Å². The van der Waals surface area contributed by atoms with E-state index >= 15 is 0 Å². The summed E-state index contributed by atoms with van der Waals surface area (Å²) in [6, 6.07) is 10.2. The van der Waals surface area contributed by atoms with Crippen molar-refractivity contribution in [2.24, 2.45) is 5.73 Å². The number of carbonyl (C=O) groups excluding carboxylic acids is 1. The maximum absolute atomic E-state index is 12.3. The lowest BCUT2D eigenvalue weighted by Gasteiger charge is -2.30. The van der Waals surface area contributed by atoms with E-state index in [4.69, 9.17) is 10.5 Å². The van der Waals surface area contributed by atoms with E-state index in [1.165, 1.54) is 5.56 Å². The van der Waals surface area contributed by atoms with Gasteiger partial charge in [0.2, 0.25) is 0 Å². The Morgan fingerprint density at radius 3 is 2.60 bits per heavy atom. The van der Waals surface area contributed by atoms with Crippen molar-refractivity contribution in [3.05, 3.63) is 35.9 Å². The van der Waals surface area contributed by atoms with Crippen molar-refractivity contribution in [2.45, 2.75) is 51.3 Å². The molecule has 110 valence electrons. The molecule has 1 aromatic rings. The average Bonchev–Trinajstić information content (AvgIpc) is 2.70. The van der Waals surface area contributed by atoms with Crippen LogP contribution >= 0.6 is 0 Å². The molecule has 0 saturated carbocycles. The van der Waals surface area contributed by atoms with Crippen LogP contribution in [0.3, 0.4) is 0 Å². The summed E-state index contributed by atoms with van der Waals surface area (Å²) in [6.07, 6.45) is 1.35. The molecular formula is C16H24N2O2. The summed E-state index contributed by atoms with van der Waals surface area (Å²) in [6.45, 7) is 6.32. The molecular weight excluding hydrogens is 252 g/mol. The van der Waals surface area contributed by atoms with E-state index in [1.54, 1.807) is 4.90 Å². The molecule has 1 heterocycles. The second-order valence-electron chi connectivity index (χ2n) is 6.38. The highest BCUT2D eigenvalue weighted by Gasteiger charge is 2.37. The first-order valence-electron chi connectivity index (χ1n) is 7.16. The summed E-state index contributed by atoms with van der Waals surface area (Å²) in [4.78, 5) is 14.0. The normalized spacial score (nSPS) is 22.9. The molecule has 2 N–H and O–H groups in total. The van der Waals surface area contributed by atoms with Gasteiger partial charge in [-0.1, -0.05) is 30.3 Å². The Morgan fingerprint density at radius 2 is 2.00 bits per heavy atom. The van der Waals surface area contributed by atoms with E-state index in [-0.39, 0.29) is 18.2 Å². The SMILES string of the molecule is CC(C)(C)OC(=O)N1CC[C@@H](N)C1Cc1ccccc1. The van der Waals surface area contributed by atoms with Crippen LogP contribution in [0.4, 0.5) is 4.79 Å². The lowest BCUT2D eigenvalue weighted by Crippen LogP contribution is -2.46. The summed E-state index contributed by atoms with van der Waals surface area (Å²) >= 11 is 0. The second-order valence-corrected chi connectivity index (χ2v) is 6.38. The maximum Gasteiger partial charge on any atom is 0.410 e. The van der Waals surface area contributed by atoms with Crippen LogP contribution in [-0.2, 0) is 11.2 Å². The summed E-state index contributed by atoms with van der Waals surface area (Å²) in [7, 11) is 0. The van der Waals surface area contributed by atoms with Gasteiger partial charge in [-0.25, -0.2) is 4.79 Å². The molecule has 1 saturated heterocycles. The third-order valence-corrected chi connectivity index (χ3v) is 3.51. The molecule has 2 atom stereocenters. The minimum absolute atomic E-state index is 0.0164. The van der Waals surface area contributed by atoms with Crippen molar-refractivity contribution < 1.29 is 9.53 Å². The van der Waals surface area contributed by atoms with Gasteiger partial charge in [-0.3, -0.25) is 0 Å². The molecule has 0 radical (unpaired) electrons. The number of carbonyl (C=O) groups is 1. The largest absolute Gasteiger partial charge is 0.444 e. The van der Waals surface area contributed by atoms with Crippen LogP contribution in [0.1, 0.15) is 32.8 Å². The minimum Gasteiger partial charge on any atom is -0.444 e. The van der Waals surface area contributed by atoms with Gasteiger partial charge in [0.05, 0.1) is 6.04 Å². The molecule has 4 nitrogen and oxygen atoms in total. The monoisotopic (exact) mass is 276 g/mol. The van der Waals surface area contributed by atoms with E-state index < -0.39 is 5.60 Å². The molecule has 0 aliphatic carbocycles. The fourth-order valence-electron chi connectivity index (χ4n) is 2.54. The van der Waals surface area contributed by atoms with Gasteiger partial charge in [0.15, 0.2) is 0 Å². The number of likely N-dealkylation sites (tertiary alicyclic amines) is 1. The molecule has 1 aliphatic heterocycles. The van der Waals surface area contributed by atoms with Gasteiger partial charge in [0, 0.05) is 12.6 Å². The Morgan fingerprint density at radius 1 is 1.35 bits per heavy atom. The highest BCUT2D eigenvalue weighted by Crippen LogP contribution is 2.23. The average molecular weight is 276 g/mol. The zero-order chi connectivity index (χ0) is 14.8. The third-order valence-electron chi connectivity index (χ3n) is 3.51. The number of rotatable bonds is 2. The molecule has 1 amide bonds. The number of hydrogen-bond donors (Lipinski definition) is 1. The number of nitrogens with zero attached hydrogens (tertiary/aromatic N) is 1. The standard InChI is InChI=1S/C16H24N2O2/c1-16(2,3)20-15(19)18-10-9-13(17)14(18)11-12-7-5-4-6-8-12/h4-8,13-14H,9-11,17H2,1-3H3/t13-,14?/m1/s1. The molecule has 1 unspecified atom stereocenters. The number of nitrogens with two attached hydrogens (primary N) is 1. The molecule has 20 heavy (non-hydrogen) atoms. The molecule has 1 fully saturated rings. The first kappa shape index (κ1) is 14.9. The zero-order valence-electron chi connectivity index (χ0n) is 12.5. The lowest BCUT2D eigenvalue weighted by atomic mass is 10.0. The quantitative estimate of drug-likeness (QED) is 0.903. The first-order chi connectivity index (χ1) is 9.37. The Hall–Kier alpha value is -1.55. The topological polar surface area (TPSA) is 55.6 Å². The van der Waals surface area contributed by atoms with Crippen molar-refractivity contribution >= 4 is 6.09 Å². The van der Waals surface area contributed by atoms with Gasteiger partial charge >= 0.3 is 6.09 Å². The predicted octanol–water partition coefficient (Wildman–Crippen LogP) is 2.57. The summed E-state index contributed by atoms with van der Waals surface area (Å²) in [5.74, 6) is 0. The van der Waals surface area contributed by atoms with Gasteiger partial charge < -0.3 is 15.4 Å². The lowest BCUT2D eigenvalue weighted by molar-refractivity contribution is 0.0220. The van der Waals surface area contributed by atoms with Crippen LogP contribution in [0, 0.1) is 0 Å².